The molecular weight excluding hydrogens is 164 g/mol. The molecule has 0 radical (unpaired) electrons. The molecule has 0 aromatic heterocycles. The van der Waals surface area contributed by atoms with E-state index in [1.165, 1.54) is 25.7 Å². The number of nitrogens with two attached hydrogens (primary N) is 1. The lowest BCUT2D eigenvalue weighted by atomic mass is 10.1. The molecule has 1 atom stereocenters. The van der Waals surface area contributed by atoms with Gasteiger partial charge in [-0.2, -0.15) is 0 Å². The highest BCUT2D eigenvalue weighted by molar-refractivity contribution is 5.76. The van der Waals surface area contributed by atoms with Crippen LogP contribution in [0.2, 0.25) is 0 Å². The number of rotatable bonds is 5. The fourth-order valence-electron chi connectivity index (χ4n) is 1.56. The summed E-state index contributed by atoms with van der Waals surface area (Å²) in [5.41, 5.74) is 5.84. The summed E-state index contributed by atoms with van der Waals surface area (Å²) in [6, 6.07) is 0.110. The summed E-state index contributed by atoms with van der Waals surface area (Å²) < 4.78 is 0. The van der Waals surface area contributed by atoms with Gasteiger partial charge in [-0.1, -0.05) is 0 Å². The highest BCUT2D eigenvalue weighted by Gasteiger charge is 2.30. The Morgan fingerprint density at radius 3 is 2.62 bits per heavy atom. The quantitative estimate of drug-likeness (QED) is 0.655. The fourth-order valence-corrected chi connectivity index (χ4v) is 1.56. The first-order valence-corrected chi connectivity index (χ1v) is 5.28. The van der Waals surface area contributed by atoms with Gasteiger partial charge in [-0.3, -0.25) is 4.79 Å². The molecule has 0 bridgehead atoms. The number of hydrogen-bond donors (Lipinski definition) is 2. The van der Waals surface area contributed by atoms with Crippen LogP contribution in [0, 0.1) is 11.8 Å². The Kier molecular flexibility index (Phi) is 2.54. The van der Waals surface area contributed by atoms with Crippen molar-refractivity contribution in [2.45, 2.75) is 38.1 Å². The third kappa shape index (κ3) is 2.99. The molecule has 0 spiro atoms. The number of carbonyl (C=O) groups is 1. The number of carbonyl (C=O) groups excluding carboxylic acids is 1. The maximum atomic E-state index is 11.3. The zero-order valence-electron chi connectivity index (χ0n) is 7.96. The number of nitrogens with one attached hydrogen (secondary N) is 1. The van der Waals surface area contributed by atoms with Gasteiger partial charge < -0.3 is 11.1 Å². The molecular formula is C10H18N2O. The van der Waals surface area contributed by atoms with Crippen LogP contribution in [0.15, 0.2) is 0 Å². The van der Waals surface area contributed by atoms with Crippen molar-refractivity contribution in [3.8, 4) is 0 Å². The third-order valence-electron chi connectivity index (χ3n) is 2.93. The summed E-state index contributed by atoms with van der Waals surface area (Å²) in [6.45, 7) is 0.871. The fraction of sp³-hybridized carbons (Fsp3) is 0.900. The molecule has 2 aliphatic carbocycles. The second-order valence-corrected chi connectivity index (χ2v) is 4.45. The van der Waals surface area contributed by atoms with Crippen LogP contribution in [0.25, 0.3) is 0 Å². The summed E-state index contributed by atoms with van der Waals surface area (Å²) in [4.78, 5) is 11.3. The molecule has 13 heavy (non-hydrogen) atoms. The Bertz CT molecular complexity index is 197. The van der Waals surface area contributed by atoms with Crippen molar-refractivity contribution in [2.75, 3.05) is 6.54 Å². The van der Waals surface area contributed by atoms with E-state index in [4.69, 9.17) is 5.73 Å². The zero-order chi connectivity index (χ0) is 9.26. The minimum absolute atomic E-state index is 0.110. The lowest BCUT2D eigenvalue weighted by Crippen LogP contribution is -2.33. The zero-order valence-corrected chi connectivity index (χ0v) is 7.96. The molecule has 74 valence electrons. The van der Waals surface area contributed by atoms with Crippen molar-refractivity contribution in [3.63, 3.8) is 0 Å². The maximum absolute atomic E-state index is 11.3. The Balaban J connectivity index is 1.58. The summed E-state index contributed by atoms with van der Waals surface area (Å²) in [5.74, 6) is 1.54. The van der Waals surface area contributed by atoms with E-state index in [-0.39, 0.29) is 11.9 Å². The molecule has 3 heteroatoms. The Morgan fingerprint density at radius 2 is 2.08 bits per heavy atom. The monoisotopic (exact) mass is 182 g/mol. The Labute approximate surface area is 79.1 Å². The first kappa shape index (κ1) is 9.00. The summed E-state index contributed by atoms with van der Waals surface area (Å²) in [7, 11) is 0. The highest BCUT2D eigenvalue weighted by atomic mass is 16.1. The molecule has 2 rings (SSSR count). The van der Waals surface area contributed by atoms with Crippen molar-refractivity contribution < 1.29 is 4.79 Å². The van der Waals surface area contributed by atoms with E-state index in [2.05, 4.69) is 5.32 Å². The largest absolute Gasteiger partial charge is 0.356 e. The van der Waals surface area contributed by atoms with Crippen LogP contribution in [0.1, 0.15) is 32.1 Å². The van der Waals surface area contributed by atoms with Gasteiger partial charge in [0.15, 0.2) is 0 Å². The third-order valence-corrected chi connectivity index (χ3v) is 2.93. The van der Waals surface area contributed by atoms with Gasteiger partial charge in [0, 0.05) is 19.0 Å². The SMILES string of the molecule is NC(CC(=O)NCC1CC1)C1CC1. The van der Waals surface area contributed by atoms with Crippen molar-refractivity contribution in [3.05, 3.63) is 0 Å². The molecule has 0 aromatic carbocycles. The summed E-state index contributed by atoms with van der Waals surface area (Å²) in [6.07, 6.45) is 5.54. The van der Waals surface area contributed by atoms with Crippen molar-refractivity contribution >= 4 is 5.91 Å². The predicted molar refractivity (Wildman–Crippen MR) is 51.1 cm³/mol. The molecule has 1 unspecified atom stereocenters. The average molecular weight is 182 g/mol. The van der Waals surface area contributed by atoms with Gasteiger partial charge in [-0.25, -0.2) is 0 Å². The first-order chi connectivity index (χ1) is 6.25. The van der Waals surface area contributed by atoms with Crippen LogP contribution in [-0.2, 0) is 4.79 Å². The molecule has 0 heterocycles. The van der Waals surface area contributed by atoms with Gasteiger partial charge in [0.2, 0.25) is 5.91 Å². The van der Waals surface area contributed by atoms with Crippen LogP contribution in [0.5, 0.6) is 0 Å². The van der Waals surface area contributed by atoms with E-state index >= 15 is 0 Å². The van der Waals surface area contributed by atoms with E-state index in [0.717, 1.165) is 12.5 Å². The van der Waals surface area contributed by atoms with E-state index in [1.807, 2.05) is 0 Å². The van der Waals surface area contributed by atoms with Gasteiger partial charge in [-0.05, 0) is 37.5 Å². The van der Waals surface area contributed by atoms with Crippen LogP contribution >= 0.6 is 0 Å². The predicted octanol–water partition coefficient (Wildman–Crippen LogP) is 0.640. The van der Waals surface area contributed by atoms with E-state index < -0.39 is 0 Å². The summed E-state index contributed by atoms with van der Waals surface area (Å²) >= 11 is 0. The lowest BCUT2D eigenvalue weighted by Gasteiger charge is -2.09. The normalized spacial score (nSPS) is 24.1. The smallest absolute Gasteiger partial charge is 0.221 e. The minimum Gasteiger partial charge on any atom is -0.356 e. The molecule has 0 aromatic rings. The van der Waals surface area contributed by atoms with Crippen molar-refractivity contribution in [1.82, 2.24) is 5.32 Å². The van der Waals surface area contributed by atoms with Gasteiger partial charge in [0.05, 0.1) is 0 Å². The van der Waals surface area contributed by atoms with Gasteiger partial charge in [0.1, 0.15) is 0 Å². The van der Waals surface area contributed by atoms with E-state index in [9.17, 15) is 4.79 Å². The van der Waals surface area contributed by atoms with Crippen molar-refractivity contribution in [1.29, 1.82) is 0 Å². The second-order valence-electron chi connectivity index (χ2n) is 4.45. The minimum atomic E-state index is 0.110. The molecule has 2 aliphatic rings. The second kappa shape index (κ2) is 3.66. The molecule has 2 saturated carbocycles. The number of hydrogen-bond acceptors (Lipinski definition) is 2. The topological polar surface area (TPSA) is 55.1 Å². The lowest BCUT2D eigenvalue weighted by molar-refractivity contribution is -0.121. The van der Waals surface area contributed by atoms with Crippen molar-refractivity contribution in [2.24, 2.45) is 17.6 Å². The highest BCUT2D eigenvalue weighted by Crippen LogP contribution is 2.32. The first-order valence-electron chi connectivity index (χ1n) is 5.28. The van der Waals surface area contributed by atoms with Crippen LogP contribution in [-0.4, -0.2) is 18.5 Å². The van der Waals surface area contributed by atoms with Crippen LogP contribution < -0.4 is 11.1 Å². The van der Waals surface area contributed by atoms with E-state index in [1.54, 1.807) is 0 Å². The van der Waals surface area contributed by atoms with Gasteiger partial charge in [-0.15, -0.1) is 0 Å². The average Bonchev–Trinajstić information content (AvgIpc) is 2.93. The van der Waals surface area contributed by atoms with Crippen LogP contribution in [0.3, 0.4) is 0 Å². The molecule has 3 nitrogen and oxygen atoms in total. The molecule has 3 N–H and O–H groups in total. The summed E-state index contributed by atoms with van der Waals surface area (Å²) in [5, 5.41) is 2.94. The molecule has 1 amide bonds. The Hall–Kier alpha value is -0.570. The molecule has 0 aliphatic heterocycles. The van der Waals surface area contributed by atoms with Gasteiger partial charge in [0.25, 0.3) is 0 Å². The van der Waals surface area contributed by atoms with E-state index in [0.29, 0.717) is 12.3 Å². The Morgan fingerprint density at radius 1 is 1.38 bits per heavy atom. The molecule has 0 saturated heterocycles. The van der Waals surface area contributed by atoms with Gasteiger partial charge >= 0.3 is 0 Å². The standard InChI is InChI=1S/C10H18N2O/c11-9(8-3-4-8)5-10(13)12-6-7-1-2-7/h7-9H,1-6,11H2,(H,12,13). The maximum Gasteiger partial charge on any atom is 0.221 e. The molecule has 2 fully saturated rings. The van der Waals surface area contributed by atoms with Crippen LogP contribution in [0.4, 0.5) is 0 Å². The number of amides is 1.